The maximum atomic E-state index is 2.35. The number of hydrogen-bond acceptors (Lipinski definition) is 0. The van der Waals surface area contributed by atoms with E-state index in [0.29, 0.717) is 0 Å². The summed E-state index contributed by atoms with van der Waals surface area (Å²) in [5.41, 5.74) is 0.868. The first-order chi connectivity index (χ1) is 5.37. The van der Waals surface area contributed by atoms with E-state index in [1.807, 2.05) is 0 Å². The molecular formula is C11H20. The molecule has 0 heterocycles. The van der Waals surface area contributed by atoms with Crippen LogP contribution in [0.3, 0.4) is 0 Å². The summed E-state index contributed by atoms with van der Waals surface area (Å²) in [6.45, 7) is 2.35. The Bertz CT molecular complexity index is 129. The van der Waals surface area contributed by atoms with Crippen molar-refractivity contribution in [3.8, 4) is 0 Å². The van der Waals surface area contributed by atoms with Crippen molar-refractivity contribution in [2.24, 2.45) is 11.3 Å². The van der Waals surface area contributed by atoms with Crippen LogP contribution in [0, 0.1) is 11.3 Å². The van der Waals surface area contributed by atoms with Crippen molar-refractivity contribution in [3.63, 3.8) is 0 Å². The largest absolute Gasteiger partial charge is 0.0654 e. The van der Waals surface area contributed by atoms with Crippen molar-refractivity contribution in [2.45, 2.75) is 58.3 Å². The summed E-state index contributed by atoms with van der Waals surface area (Å²) in [4.78, 5) is 0. The van der Waals surface area contributed by atoms with Crippen LogP contribution >= 0.6 is 0 Å². The van der Waals surface area contributed by atoms with E-state index in [9.17, 15) is 0 Å². The van der Waals surface area contributed by atoms with Gasteiger partial charge in [0.05, 0.1) is 0 Å². The average molecular weight is 152 g/mol. The Labute approximate surface area is 70.4 Å². The molecule has 2 saturated carbocycles. The summed E-state index contributed by atoms with van der Waals surface area (Å²) in [5, 5.41) is 0. The summed E-state index contributed by atoms with van der Waals surface area (Å²) in [5.74, 6) is 1.15. The Morgan fingerprint density at radius 2 is 1.91 bits per heavy atom. The normalized spacial score (nSPS) is 29.2. The van der Waals surface area contributed by atoms with E-state index >= 15 is 0 Å². The zero-order chi connectivity index (χ0) is 7.73. The Kier molecular flexibility index (Phi) is 1.95. The molecule has 11 heavy (non-hydrogen) atoms. The van der Waals surface area contributed by atoms with E-state index in [4.69, 9.17) is 0 Å². The summed E-state index contributed by atoms with van der Waals surface area (Å²) in [6, 6.07) is 0. The van der Waals surface area contributed by atoms with Gasteiger partial charge in [-0.05, 0) is 43.4 Å². The van der Waals surface area contributed by atoms with Crippen molar-refractivity contribution in [1.82, 2.24) is 0 Å². The first kappa shape index (κ1) is 7.64. The standard InChI is InChI=1S/C11H20/c1-2-7-11(8-4-9-11)10-5-3-6-10/h10H,2-9H2,1H3. The molecule has 64 valence electrons. The molecule has 0 aromatic carbocycles. The lowest BCUT2D eigenvalue weighted by Gasteiger charge is -2.52. The monoisotopic (exact) mass is 152 g/mol. The zero-order valence-corrected chi connectivity index (χ0v) is 7.73. The lowest BCUT2D eigenvalue weighted by Crippen LogP contribution is -2.40. The third kappa shape index (κ3) is 1.11. The molecule has 0 amide bonds. The molecule has 0 heteroatoms. The van der Waals surface area contributed by atoms with E-state index in [2.05, 4.69) is 6.92 Å². The smallest absolute Gasteiger partial charge is 0.0269 e. The quantitative estimate of drug-likeness (QED) is 0.577. The van der Waals surface area contributed by atoms with Crippen molar-refractivity contribution in [1.29, 1.82) is 0 Å². The van der Waals surface area contributed by atoms with Gasteiger partial charge in [-0.15, -0.1) is 0 Å². The molecule has 2 aliphatic carbocycles. The Balaban J connectivity index is 1.92. The van der Waals surface area contributed by atoms with Crippen molar-refractivity contribution in [3.05, 3.63) is 0 Å². The minimum Gasteiger partial charge on any atom is -0.0654 e. The van der Waals surface area contributed by atoms with Crippen LogP contribution in [0.5, 0.6) is 0 Å². The molecule has 0 aromatic heterocycles. The second-order valence-electron chi connectivity index (χ2n) is 4.59. The first-order valence-corrected chi connectivity index (χ1v) is 5.37. The molecular weight excluding hydrogens is 132 g/mol. The van der Waals surface area contributed by atoms with Crippen molar-refractivity contribution < 1.29 is 0 Å². The maximum absolute atomic E-state index is 2.35. The molecule has 2 aliphatic rings. The van der Waals surface area contributed by atoms with Crippen LogP contribution in [0.2, 0.25) is 0 Å². The van der Waals surface area contributed by atoms with Gasteiger partial charge in [-0.25, -0.2) is 0 Å². The van der Waals surface area contributed by atoms with Crippen LogP contribution in [0.4, 0.5) is 0 Å². The van der Waals surface area contributed by atoms with Gasteiger partial charge in [-0.1, -0.05) is 26.2 Å². The lowest BCUT2D eigenvalue weighted by atomic mass is 9.53. The van der Waals surface area contributed by atoms with Crippen LogP contribution < -0.4 is 0 Å². The lowest BCUT2D eigenvalue weighted by molar-refractivity contribution is -0.00677. The summed E-state index contributed by atoms with van der Waals surface area (Å²) < 4.78 is 0. The summed E-state index contributed by atoms with van der Waals surface area (Å²) >= 11 is 0. The summed E-state index contributed by atoms with van der Waals surface area (Å²) in [7, 11) is 0. The minimum absolute atomic E-state index is 0.868. The van der Waals surface area contributed by atoms with Gasteiger partial charge in [-0.3, -0.25) is 0 Å². The zero-order valence-electron chi connectivity index (χ0n) is 7.73. The van der Waals surface area contributed by atoms with Gasteiger partial charge >= 0.3 is 0 Å². The molecule has 0 aromatic rings. The molecule has 0 N–H and O–H groups in total. The van der Waals surface area contributed by atoms with Crippen LogP contribution in [0.1, 0.15) is 58.3 Å². The highest BCUT2D eigenvalue weighted by atomic mass is 14.5. The minimum atomic E-state index is 0.868. The van der Waals surface area contributed by atoms with Crippen LogP contribution in [0.15, 0.2) is 0 Å². The van der Waals surface area contributed by atoms with E-state index in [0.717, 1.165) is 11.3 Å². The van der Waals surface area contributed by atoms with E-state index in [1.165, 1.54) is 25.7 Å². The van der Waals surface area contributed by atoms with E-state index < -0.39 is 0 Å². The molecule has 0 radical (unpaired) electrons. The van der Waals surface area contributed by atoms with Crippen LogP contribution in [0.25, 0.3) is 0 Å². The molecule has 0 unspecified atom stereocenters. The summed E-state index contributed by atoms with van der Waals surface area (Å²) in [6.07, 6.45) is 12.2. The fourth-order valence-electron chi connectivity index (χ4n) is 3.01. The Morgan fingerprint density at radius 3 is 2.18 bits per heavy atom. The fourth-order valence-corrected chi connectivity index (χ4v) is 3.01. The second kappa shape index (κ2) is 2.80. The Morgan fingerprint density at radius 1 is 1.18 bits per heavy atom. The van der Waals surface area contributed by atoms with Crippen LogP contribution in [-0.4, -0.2) is 0 Å². The predicted molar refractivity (Wildman–Crippen MR) is 48.5 cm³/mol. The topological polar surface area (TPSA) is 0 Å². The maximum Gasteiger partial charge on any atom is -0.0269 e. The highest BCUT2D eigenvalue weighted by Crippen LogP contribution is 2.56. The molecule has 0 nitrogen and oxygen atoms in total. The highest BCUT2D eigenvalue weighted by molar-refractivity contribution is 4.95. The van der Waals surface area contributed by atoms with Gasteiger partial charge in [0.2, 0.25) is 0 Å². The fraction of sp³-hybridized carbons (Fsp3) is 1.00. The SMILES string of the molecule is CCCC1(C2CCC2)CCC1. The predicted octanol–water partition coefficient (Wildman–Crippen LogP) is 3.76. The Hall–Kier alpha value is 0. The van der Waals surface area contributed by atoms with E-state index in [1.54, 1.807) is 25.7 Å². The van der Waals surface area contributed by atoms with Gasteiger partial charge in [0.25, 0.3) is 0 Å². The number of hydrogen-bond donors (Lipinski definition) is 0. The van der Waals surface area contributed by atoms with Crippen molar-refractivity contribution in [2.75, 3.05) is 0 Å². The molecule has 2 fully saturated rings. The molecule has 0 atom stereocenters. The van der Waals surface area contributed by atoms with Gasteiger partial charge < -0.3 is 0 Å². The van der Waals surface area contributed by atoms with E-state index in [-0.39, 0.29) is 0 Å². The highest BCUT2D eigenvalue weighted by Gasteiger charge is 2.44. The van der Waals surface area contributed by atoms with Crippen LogP contribution in [-0.2, 0) is 0 Å². The third-order valence-electron chi connectivity index (χ3n) is 4.07. The first-order valence-electron chi connectivity index (χ1n) is 5.37. The van der Waals surface area contributed by atoms with Crippen molar-refractivity contribution >= 4 is 0 Å². The second-order valence-corrected chi connectivity index (χ2v) is 4.59. The van der Waals surface area contributed by atoms with Gasteiger partial charge in [0.1, 0.15) is 0 Å². The molecule has 0 spiro atoms. The number of rotatable bonds is 3. The molecule has 2 rings (SSSR count). The van der Waals surface area contributed by atoms with Gasteiger partial charge in [0, 0.05) is 0 Å². The van der Waals surface area contributed by atoms with Gasteiger partial charge in [0.15, 0.2) is 0 Å². The average Bonchev–Trinajstić information content (AvgIpc) is 1.79. The van der Waals surface area contributed by atoms with Gasteiger partial charge in [-0.2, -0.15) is 0 Å². The molecule has 0 saturated heterocycles. The third-order valence-corrected chi connectivity index (χ3v) is 4.07. The molecule has 0 aliphatic heterocycles. The molecule has 0 bridgehead atoms.